The minimum absolute atomic E-state index is 0.0711. The van der Waals surface area contributed by atoms with Gasteiger partial charge < -0.3 is 5.73 Å². The lowest BCUT2D eigenvalue weighted by Gasteiger charge is -2.35. The number of hydrogen-bond donors (Lipinski definition) is 3. The molecule has 0 unspecified atom stereocenters. The van der Waals surface area contributed by atoms with Gasteiger partial charge in [-0.1, -0.05) is 25.1 Å². The fourth-order valence-corrected chi connectivity index (χ4v) is 4.43. The van der Waals surface area contributed by atoms with Crippen molar-refractivity contribution in [3.05, 3.63) is 54.1 Å². The first-order valence-electron chi connectivity index (χ1n) is 8.60. The molecule has 0 aliphatic carbocycles. The first-order valence-corrected chi connectivity index (χ1v) is 10.1. The van der Waals surface area contributed by atoms with E-state index in [1.165, 1.54) is 12.1 Å². The molecule has 3 rings (SSSR count). The lowest BCUT2D eigenvalue weighted by molar-refractivity contribution is -0.138. The van der Waals surface area contributed by atoms with Crippen LogP contribution in [-0.4, -0.2) is 20.2 Å². The van der Waals surface area contributed by atoms with Crippen LogP contribution < -0.4 is 15.8 Å². The minimum Gasteiger partial charge on any atom is -0.399 e. The summed E-state index contributed by atoms with van der Waals surface area (Å²) in [6, 6.07) is 12.7. The van der Waals surface area contributed by atoms with Gasteiger partial charge in [0, 0.05) is 17.8 Å². The number of carbonyl (C=O) groups is 2. The van der Waals surface area contributed by atoms with E-state index in [0.29, 0.717) is 24.2 Å². The third-order valence-electron chi connectivity index (χ3n) is 4.93. The summed E-state index contributed by atoms with van der Waals surface area (Å²) in [5.41, 5.74) is 6.36. The maximum absolute atomic E-state index is 12.5. The second-order valence-electron chi connectivity index (χ2n) is 6.57. The zero-order valence-electron chi connectivity index (χ0n) is 14.9. The summed E-state index contributed by atoms with van der Waals surface area (Å²) >= 11 is 0. The number of anilines is 2. The van der Waals surface area contributed by atoms with Gasteiger partial charge in [-0.3, -0.25) is 19.6 Å². The highest BCUT2D eigenvalue weighted by Crippen LogP contribution is 2.36. The first kappa shape index (κ1) is 18.9. The molecule has 1 aliphatic rings. The number of amides is 2. The van der Waals surface area contributed by atoms with Crippen molar-refractivity contribution < 1.29 is 18.0 Å². The van der Waals surface area contributed by atoms with E-state index in [0.717, 1.165) is 5.56 Å². The quantitative estimate of drug-likeness (QED) is 0.537. The molecule has 0 spiro atoms. The van der Waals surface area contributed by atoms with Crippen molar-refractivity contribution in [3.63, 3.8) is 0 Å². The molecule has 1 aliphatic heterocycles. The van der Waals surface area contributed by atoms with Crippen LogP contribution in [0.25, 0.3) is 0 Å². The maximum atomic E-state index is 12.5. The molecule has 4 N–H and O–H groups in total. The molecule has 0 saturated carbocycles. The number of sulfonamides is 1. The Hall–Kier alpha value is -2.87. The second-order valence-corrected chi connectivity index (χ2v) is 8.25. The summed E-state index contributed by atoms with van der Waals surface area (Å²) in [6.07, 6.45) is 1.26. The molecule has 27 heavy (non-hydrogen) atoms. The monoisotopic (exact) mass is 387 g/mol. The number of piperidine rings is 1. The zero-order valence-corrected chi connectivity index (χ0v) is 15.7. The van der Waals surface area contributed by atoms with Crippen LogP contribution in [0, 0.1) is 0 Å². The van der Waals surface area contributed by atoms with E-state index < -0.39 is 15.4 Å². The molecule has 0 radical (unpaired) electrons. The number of nitrogens with two attached hydrogens (primary N) is 1. The average molecular weight is 387 g/mol. The number of rotatable bonds is 5. The van der Waals surface area contributed by atoms with Crippen LogP contribution in [0.2, 0.25) is 0 Å². The van der Waals surface area contributed by atoms with E-state index in [1.807, 2.05) is 6.92 Å². The van der Waals surface area contributed by atoms with E-state index in [4.69, 9.17) is 5.73 Å². The highest BCUT2D eigenvalue weighted by Gasteiger charge is 2.42. The molecular formula is C19H21N3O4S. The van der Waals surface area contributed by atoms with Gasteiger partial charge in [0.05, 0.1) is 10.3 Å². The summed E-state index contributed by atoms with van der Waals surface area (Å²) in [4.78, 5) is 24.0. The molecule has 1 fully saturated rings. The van der Waals surface area contributed by atoms with Gasteiger partial charge in [-0.05, 0) is 48.7 Å². The van der Waals surface area contributed by atoms with Gasteiger partial charge >= 0.3 is 0 Å². The van der Waals surface area contributed by atoms with Gasteiger partial charge in [0.25, 0.3) is 10.0 Å². The van der Waals surface area contributed by atoms with Crippen molar-refractivity contribution >= 4 is 33.2 Å². The van der Waals surface area contributed by atoms with Crippen LogP contribution in [0.5, 0.6) is 0 Å². The Kier molecular flexibility index (Phi) is 4.93. The third kappa shape index (κ3) is 3.66. The highest BCUT2D eigenvalue weighted by molar-refractivity contribution is 7.92. The Morgan fingerprint density at radius 3 is 2.44 bits per heavy atom. The van der Waals surface area contributed by atoms with E-state index >= 15 is 0 Å². The summed E-state index contributed by atoms with van der Waals surface area (Å²) in [5, 5.41) is 2.40. The van der Waals surface area contributed by atoms with E-state index in [9.17, 15) is 18.0 Å². The topological polar surface area (TPSA) is 118 Å². The van der Waals surface area contributed by atoms with Crippen molar-refractivity contribution in [1.29, 1.82) is 0 Å². The zero-order chi connectivity index (χ0) is 19.7. The van der Waals surface area contributed by atoms with Crippen molar-refractivity contribution in [2.45, 2.75) is 36.5 Å². The van der Waals surface area contributed by atoms with Crippen LogP contribution in [0.4, 0.5) is 11.4 Å². The molecular weight excluding hydrogens is 366 g/mol. The van der Waals surface area contributed by atoms with Gasteiger partial charge in [-0.2, -0.15) is 0 Å². The summed E-state index contributed by atoms with van der Waals surface area (Å²) in [6.45, 7) is 1.89. The standard InChI is InChI=1S/C19H21N3O4S/c1-2-19(11-10-17(23)21-18(19)24)13-6-8-15(9-7-13)22-27(25,26)16-5-3-4-14(20)12-16/h3-9,12,22H,2,10-11,20H2,1H3,(H,21,23,24)/t19-/m0/s1. The minimum atomic E-state index is -3.77. The molecule has 2 aromatic rings. The predicted octanol–water partition coefficient (Wildman–Crippen LogP) is 2.15. The Balaban J connectivity index is 1.85. The van der Waals surface area contributed by atoms with Gasteiger partial charge in [-0.15, -0.1) is 0 Å². The lowest BCUT2D eigenvalue weighted by atomic mass is 9.72. The SMILES string of the molecule is CC[C@@]1(c2ccc(NS(=O)(=O)c3cccc(N)c3)cc2)CCC(=O)NC1=O. The molecule has 8 heteroatoms. The normalized spacial score (nSPS) is 20.2. The van der Waals surface area contributed by atoms with E-state index in [2.05, 4.69) is 10.0 Å². The molecule has 0 bridgehead atoms. The molecule has 2 aromatic carbocycles. The van der Waals surface area contributed by atoms with Crippen molar-refractivity contribution in [2.75, 3.05) is 10.5 Å². The maximum Gasteiger partial charge on any atom is 0.261 e. The van der Waals surface area contributed by atoms with E-state index in [1.54, 1.807) is 36.4 Å². The smallest absolute Gasteiger partial charge is 0.261 e. The average Bonchev–Trinajstić information content (AvgIpc) is 2.63. The van der Waals surface area contributed by atoms with Gasteiger partial charge in [0.2, 0.25) is 11.8 Å². The number of imide groups is 1. The molecule has 1 atom stereocenters. The Morgan fingerprint density at radius 2 is 1.85 bits per heavy atom. The predicted molar refractivity (Wildman–Crippen MR) is 102 cm³/mol. The Morgan fingerprint density at radius 1 is 1.15 bits per heavy atom. The molecule has 1 saturated heterocycles. The Bertz CT molecular complexity index is 986. The summed E-state index contributed by atoms with van der Waals surface area (Å²) in [5.74, 6) is -0.579. The van der Waals surface area contributed by atoms with Crippen LogP contribution in [0.15, 0.2) is 53.4 Å². The Labute approximate surface area is 158 Å². The lowest BCUT2D eigenvalue weighted by Crippen LogP contribution is -2.51. The summed E-state index contributed by atoms with van der Waals surface area (Å²) in [7, 11) is -3.77. The van der Waals surface area contributed by atoms with Crippen molar-refractivity contribution in [3.8, 4) is 0 Å². The van der Waals surface area contributed by atoms with Crippen LogP contribution >= 0.6 is 0 Å². The highest BCUT2D eigenvalue weighted by atomic mass is 32.2. The number of nitrogens with one attached hydrogen (secondary N) is 2. The molecule has 0 aromatic heterocycles. The fraction of sp³-hybridized carbons (Fsp3) is 0.263. The molecule has 7 nitrogen and oxygen atoms in total. The summed E-state index contributed by atoms with van der Waals surface area (Å²) < 4.78 is 27.5. The van der Waals surface area contributed by atoms with Crippen LogP contribution in [0.3, 0.4) is 0 Å². The van der Waals surface area contributed by atoms with Crippen LogP contribution in [0.1, 0.15) is 31.7 Å². The van der Waals surface area contributed by atoms with Gasteiger partial charge in [0.1, 0.15) is 0 Å². The van der Waals surface area contributed by atoms with Crippen molar-refractivity contribution in [1.82, 2.24) is 5.32 Å². The number of carbonyl (C=O) groups excluding carboxylic acids is 2. The number of nitrogen functional groups attached to an aromatic ring is 1. The largest absolute Gasteiger partial charge is 0.399 e. The molecule has 1 heterocycles. The molecule has 142 valence electrons. The van der Waals surface area contributed by atoms with Crippen molar-refractivity contribution in [2.24, 2.45) is 0 Å². The first-order chi connectivity index (χ1) is 12.8. The molecule has 2 amide bonds. The second kappa shape index (κ2) is 7.03. The van der Waals surface area contributed by atoms with E-state index in [-0.39, 0.29) is 23.1 Å². The number of hydrogen-bond acceptors (Lipinski definition) is 5. The number of benzene rings is 2. The van der Waals surface area contributed by atoms with Gasteiger partial charge in [0.15, 0.2) is 0 Å². The third-order valence-corrected chi connectivity index (χ3v) is 6.31. The van der Waals surface area contributed by atoms with Gasteiger partial charge in [-0.25, -0.2) is 8.42 Å². The van der Waals surface area contributed by atoms with Crippen LogP contribution in [-0.2, 0) is 25.0 Å². The fourth-order valence-electron chi connectivity index (χ4n) is 3.32.